The molecule has 2 N–H and O–H groups in total. The van der Waals surface area contributed by atoms with E-state index in [1.54, 1.807) is 0 Å². The first-order valence-electron chi connectivity index (χ1n) is 5.96. The van der Waals surface area contributed by atoms with E-state index in [0.29, 0.717) is 12.8 Å². The first-order valence-corrected chi connectivity index (χ1v) is 8.20. The van der Waals surface area contributed by atoms with Gasteiger partial charge >= 0.3 is 5.97 Å². The fourth-order valence-corrected chi connectivity index (χ4v) is 3.48. The van der Waals surface area contributed by atoms with Crippen molar-refractivity contribution in [2.24, 2.45) is 5.92 Å². The lowest BCUT2D eigenvalue weighted by atomic mass is 10.1. The van der Waals surface area contributed by atoms with Crippen LogP contribution in [0.5, 0.6) is 0 Å². The van der Waals surface area contributed by atoms with Crippen LogP contribution in [0.3, 0.4) is 0 Å². The van der Waals surface area contributed by atoms with Gasteiger partial charge in [-0.25, -0.2) is 13.1 Å². The first-order chi connectivity index (χ1) is 9.29. The Labute approximate surface area is 127 Å². The molecule has 0 bridgehead atoms. The third-order valence-corrected chi connectivity index (χ3v) is 5.11. The van der Waals surface area contributed by atoms with Gasteiger partial charge in [0.05, 0.1) is 16.0 Å². The molecule has 1 aromatic rings. The average molecular weight is 340 g/mol. The minimum absolute atomic E-state index is 0.0796. The van der Waals surface area contributed by atoms with Gasteiger partial charge in [-0.15, -0.1) is 0 Å². The molecule has 1 atom stereocenters. The van der Waals surface area contributed by atoms with Gasteiger partial charge in [0.2, 0.25) is 10.0 Å². The van der Waals surface area contributed by atoms with Gasteiger partial charge in [0.1, 0.15) is 4.90 Å². The Bertz CT molecular complexity index is 589. The Kier molecular flexibility index (Phi) is 6.26. The van der Waals surface area contributed by atoms with Crippen LogP contribution < -0.4 is 4.72 Å². The molecule has 0 aliphatic carbocycles. The van der Waals surface area contributed by atoms with Gasteiger partial charge in [-0.1, -0.05) is 42.6 Å². The van der Waals surface area contributed by atoms with Crippen LogP contribution in [0.1, 0.15) is 19.8 Å². The zero-order valence-corrected chi connectivity index (χ0v) is 13.1. The van der Waals surface area contributed by atoms with Gasteiger partial charge in [-0.2, -0.15) is 0 Å². The van der Waals surface area contributed by atoms with E-state index in [4.69, 9.17) is 28.3 Å². The molecule has 112 valence electrons. The van der Waals surface area contributed by atoms with Gasteiger partial charge in [-0.05, 0) is 18.6 Å². The number of rotatable bonds is 7. The summed E-state index contributed by atoms with van der Waals surface area (Å²) >= 11 is 11.6. The summed E-state index contributed by atoms with van der Waals surface area (Å²) in [6, 6.07) is 4.25. The molecule has 0 aliphatic heterocycles. The van der Waals surface area contributed by atoms with Crippen LogP contribution >= 0.6 is 23.2 Å². The Hall–Kier alpha value is -0.820. The molecule has 0 saturated carbocycles. The number of hydrogen-bond donors (Lipinski definition) is 2. The molecule has 0 heterocycles. The van der Waals surface area contributed by atoms with E-state index in [1.165, 1.54) is 18.2 Å². The van der Waals surface area contributed by atoms with Gasteiger partial charge < -0.3 is 5.11 Å². The first kappa shape index (κ1) is 17.2. The van der Waals surface area contributed by atoms with Crippen molar-refractivity contribution < 1.29 is 18.3 Å². The van der Waals surface area contributed by atoms with E-state index < -0.39 is 21.9 Å². The van der Waals surface area contributed by atoms with E-state index in [9.17, 15) is 13.2 Å². The number of halogens is 2. The maximum atomic E-state index is 12.1. The number of nitrogens with one attached hydrogen (secondary N) is 1. The molecule has 20 heavy (non-hydrogen) atoms. The second-order valence-electron chi connectivity index (χ2n) is 4.23. The van der Waals surface area contributed by atoms with Gasteiger partial charge in [-0.3, -0.25) is 4.79 Å². The highest BCUT2D eigenvalue weighted by Crippen LogP contribution is 2.28. The van der Waals surface area contributed by atoms with Crippen LogP contribution in [0.15, 0.2) is 23.1 Å². The standard InChI is InChI=1S/C12H15Cl2NO4S/c1-2-4-8(12(16)17)7-15-20(18,19)10-6-3-5-9(13)11(10)14/h3,5-6,8,15H,2,4,7H2,1H3,(H,16,17). The summed E-state index contributed by atoms with van der Waals surface area (Å²) in [7, 11) is -3.89. The molecule has 0 aliphatic rings. The number of benzene rings is 1. The highest BCUT2D eigenvalue weighted by molar-refractivity contribution is 7.89. The number of carboxylic acid groups (broad SMARTS) is 1. The van der Waals surface area contributed by atoms with Crippen molar-refractivity contribution in [3.8, 4) is 0 Å². The predicted molar refractivity (Wildman–Crippen MR) is 77.7 cm³/mol. The number of sulfonamides is 1. The van der Waals surface area contributed by atoms with Gasteiger partial charge in [0.15, 0.2) is 0 Å². The van der Waals surface area contributed by atoms with Crippen molar-refractivity contribution in [2.75, 3.05) is 6.54 Å². The lowest BCUT2D eigenvalue weighted by molar-refractivity contribution is -0.141. The van der Waals surface area contributed by atoms with E-state index in [0.717, 1.165) is 0 Å². The van der Waals surface area contributed by atoms with Crippen LogP contribution in [0.4, 0.5) is 0 Å². The van der Waals surface area contributed by atoms with Crippen LogP contribution in [-0.2, 0) is 14.8 Å². The topological polar surface area (TPSA) is 83.5 Å². The quantitative estimate of drug-likeness (QED) is 0.799. The fourth-order valence-electron chi connectivity index (χ4n) is 1.64. The molecule has 0 spiro atoms. The minimum Gasteiger partial charge on any atom is -0.481 e. The van der Waals surface area contributed by atoms with E-state index in [-0.39, 0.29) is 21.5 Å². The van der Waals surface area contributed by atoms with Crippen LogP contribution in [-0.4, -0.2) is 26.0 Å². The van der Waals surface area contributed by atoms with E-state index in [2.05, 4.69) is 4.72 Å². The lowest BCUT2D eigenvalue weighted by Crippen LogP contribution is -2.33. The molecule has 1 aromatic carbocycles. The molecule has 0 fully saturated rings. The SMILES string of the molecule is CCCC(CNS(=O)(=O)c1cccc(Cl)c1Cl)C(=O)O. The third-order valence-electron chi connectivity index (χ3n) is 2.71. The number of carbonyl (C=O) groups is 1. The number of hydrogen-bond acceptors (Lipinski definition) is 3. The lowest BCUT2D eigenvalue weighted by Gasteiger charge is -2.13. The summed E-state index contributed by atoms with van der Waals surface area (Å²) in [5.74, 6) is -1.81. The molecular weight excluding hydrogens is 325 g/mol. The highest BCUT2D eigenvalue weighted by atomic mass is 35.5. The third kappa shape index (κ3) is 4.34. The highest BCUT2D eigenvalue weighted by Gasteiger charge is 2.23. The second kappa shape index (κ2) is 7.26. The van der Waals surface area contributed by atoms with E-state index >= 15 is 0 Å². The van der Waals surface area contributed by atoms with Crippen molar-refractivity contribution in [1.29, 1.82) is 0 Å². The zero-order chi connectivity index (χ0) is 15.3. The fraction of sp³-hybridized carbons (Fsp3) is 0.417. The maximum Gasteiger partial charge on any atom is 0.307 e. The number of carboxylic acids is 1. The average Bonchev–Trinajstić information content (AvgIpc) is 2.37. The molecule has 0 amide bonds. The summed E-state index contributed by atoms with van der Waals surface area (Å²) in [6.07, 6.45) is 1.04. The monoisotopic (exact) mass is 339 g/mol. The second-order valence-corrected chi connectivity index (χ2v) is 6.75. The predicted octanol–water partition coefficient (Wildman–Crippen LogP) is 2.77. The van der Waals surface area contributed by atoms with Crippen LogP contribution in [0.25, 0.3) is 0 Å². The smallest absolute Gasteiger partial charge is 0.307 e. The maximum absolute atomic E-state index is 12.1. The molecule has 0 saturated heterocycles. The molecule has 1 rings (SSSR count). The normalized spacial score (nSPS) is 13.2. The Morgan fingerprint density at radius 1 is 1.40 bits per heavy atom. The van der Waals surface area contributed by atoms with Gasteiger partial charge in [0.25, 0.3) is 0 Å². The molecule has 0 radical (unpaired) electrons. The van der Waals surface area contributed by atoms with Crippen molar-refractivity contribution in [1.82, 2.24) is 4.72 Å². The Morgan fingerprint density at radius 2 is 2.05 bits per heavy atom. The summed E-state index contributed by atoms with van der Waals surface area (Å²) in [6.45, 7) is 1.65. The van der Waals surface area contributed by atoms with Crippen molar-refractivity contribution in [3.63, 3.8) is 0 Å². The Balaban J connectivity index is 2.90. The summed E-state index contributed by atoms with van der Waals surface area (Å²) < 4.78 is 26.4. The summed E-state index contributed by atoms with van der Waals surface area (Å²) in [5.41, 5.74) is 0. The zero-order valence-electron chi connectivity index (χ0n) is 10.8. The van der Waals surface area contributed by atoms with Crippen LogP contribution in [0, 0.1) is 5.92 Å². The van der Waals surface area contributed by atoms with Crippen molar-refractivity contribution >= 4 is 39.2 Å². The van der Waals surface area contributed by atoms with Crippen molar-refractivity contribution in [3.05, 3.63) is 28.2 Å². The minimum atomic E-state index is -3.89. The molecule has 8 heteroatoms. The Morgan fingerprint density at radius 3 is 2.60 bits per heavy atom. The van der Waals surface area contributed by atoms with Crippen LogP contribution in [0.2, 0.25) is 10.0 Å². The summed E-state index contributed by atoms with van der Waals surface area (Å²) in [4.78, 5) is 10.8. The molecule has 0 aromatic heterocycles. The van der Waals surface area contributed by atoms with Gasteiger partial charge in [0, 0.05) is 6.54 Å². The molecule has 5 nitrogen and oxygen atoms in total. The number of aliphatic carboxylic acids is 1. The molecular formula is C12H15Cl2NO4S. The molecule has 1 unspecified atom stereocenters. The largest absolute Gasteiger partial charge is 0.481 e. The van der Waals surface area contributed by atoms with E-state index in [1.807, 2.05) is 6.92 Å². The summed E-state index contributed by atoms with van der Waals surface area (Å²) in [5, 5.41) is 9.03. The van der Waals surface area contributed by atoms with Crippen molar-refractivity contribution in [2.45, 2.75) is 24.7 Å².